The number of hydrogen-bond donors (Lipinski definition) is 2. The number of anilines is 2. The summed E-state index contributed by atoms with van der Waals surface area (Å²) in [6.07, 6.45) is -4.71. The quantitative estimate of drug-likeness (QED) is 0.762. The number of rotatable bonds is 3. The van der Waals surface area contributed by atoms with Crippen molar-refractivity contribution in [3.8, 4) is 5.75 Å². The van der Waals surface area contributed by atoms with Crippen LogP contribution in [0.4, 0.5) is 24.5 Å². The first-order chi connectivity index (χ1) is 10.3. The maximum absolute atomic E-state index is 12.0. The number of benzene rings is 2. The fourth-order valence-electron chi connectivity index (χ4n) is 1.60. The highest BCUT2D eigenvalue weighted by Crippen LogP contribution is 2.24. The number of alkyl halides is 3. The monoisotopic (exact) mass is 346 g/mol. The predicted octanol–water partition coefficient (Wildman–Crippen LogP) is 5.05. The van der Waals surface area contributed by atoms with Crippen LogP contribution < -0.4 is 15.4 Å². The molecule has 2 N–H and O–H groups in total. The molecule has 2 aromatic carbocycles. The van der Waals surface area contributed by atoms with Crippen molar-refractivity contribution >= 4 is 40.3 Å². The SMILES string of the molecule is FC(F)(F)Oc1ccc(NC(=S)Nc2cccc(Cl)c2)cc1. The molecule has 0 fully saturated rings. The Morgan fingerprint density at radius 1 is 1.00 bits per heavy atom. The molecular weight excluding hydrogens is 337 g/mol. The van der Waals surface area contributed by atoms with Gasteiger partial charge in [-0.2, -0.15) is 0 Å². The smallest absolute Gasteiger partial charge is 0.406 e. The van der Waals surface area contributed by atoms with Crippen LogP contribution in [0.2, 0.25) is 5.02 Å². The average Bonchev–Trinajstić information content (AvgIpc) is 2.39. The Kier molecular flexibility index (Phi) is 5.10. The summed E-state index contributed by atoms with van der Waals surface area (Å²) in [6.45, 7) is 0. The van der Waals surface area contributed by atoms with E-state index in [4.69, 9.17) is 23.8 Å². The molecule has 8 heteroatoms. The largest absolute Gasteiger partial charge is 0.573 e. The lowest BCUT2D eigenvalue weighted by molar-refractivity contribution is -0.274. The van der Waals surface area contributed by atoms with Gasteiger partial charge in [0.15, 0.2) is 5.11 Å². The van der Waals surface area contributed by atoms with E-state index in [1.54, 1.807) is 24.3 Å². The highest BCUT2D eigenvalue weighted by atomic mass is 35.5. The van der Waals surface area contributed by atoms with Crippen LogP contribution in [0.3, 0.4) is 0 Å². The first-order valence-electron chi connectivity index (χ1n) is 6.01. The Morgan fingerprint density at radius 2 is 1.64 bits per heavy atom. The minimum Gasteiger partial charge on any atom is -0.406 e. The summed E-state index contributed by atoms with van der Waals surface area (Å²) >= 11 is 11.0. The highest BCUT2D eigenvalue weighted by molar-refractivity contribution is 7.80. The molecule has 0 saturated heterocycles. The molecular formula is C14H10ClF3N2OS. The van der Waals surface area contributed by atoms with Gasteiger partial charge in [0.25, 0.3) is 0 Å². The fraction of sp³-hybridized carbons (Fsp3) is 0.0714. The molecule has 0 atom stereocenters. The molecule has 0 aliphatic heterocycles. The van der Waals surface area contributed by atoms with Gasteiger partial charge in [0.1, 0.15) is 5.75 Å². The summed E-state index contributed by atoms with van der Waals surface area (Å²) in [5.41, 5.74) is 1.22. The van der Waals surface area contributed by atoms with Crippen LogP contribution in [-0.4, -0.2) is 11.5 Å². The van der Waals surface area contributed by atoms with Crippen LogP contribution in [-0.2, 0) is 0 Å². The van der Waals surface area contributed by atoms with E-state index in [1.807, 2.05) is 0 Å². The molecule has 0 aliphatic rings. The van der Waals surface area contributed by atoms with Crippen LogP contribution in [0.25, 0.3) is 0 Å². The molecule has 0 spiro atoms. The third-order valence-corrected chi connectivity index (χ3v) is 2.87. The van der Waals surface area contributed by atoms with Crippen molar-refractivity contribution in [1.82, 2.24) is 0 Å². The number of ether oxygens (including phenoxy) is 1. The van der Waals surface area contributed by atoms with Gasteiger partial charge in [-0.1, -0.05) is 17.7 Å². The zero-order valence-corrected chi connectivity index (χ0v) is 12.5. The molecule has 2 rings (SSSR count). The van der Waals surface area contributed by atoms with Crippen LogP contribution >= 0.6 is 23.8 Å². The third-order valence-electron chi connectivity index (χ3n) is 2.43. The van der Waals surface area contributed by atoms with Gasteiger partial charge in [0.05, 0.1) is 0 Å². The lowest BCUT2D eigenvalue weighted by Crippen LogP contribution is -2.19. The van der Waals surface area contributed by atoms with Crippen molar-refractivity contribution in [3.63, 3.8) is 0 Å². The van der Waals surface area contributed by atoms with E-state index in [0.717, 1.165) is 0 Å². The topological polar surface area (TPSA) is 33.3 Å². The van der Waals surface area contributed by atoms with Gasteiger partial charge in [-0.15, -0.1) is 13.2 Å². The van der Waals surface area contributed by atoms with Gasteiger partial charge in [-0.25, -0.2) is 0 Å². The summed E-state index contributed by atoms with van der Waals surface area (Å²) in [7, 11) is 0. The van der Waals surface area contributed by atoms with Crippen LogP contribution in [0, 0.1) is 0 Å². The Hall–Kier alpha value is -1.99. The minimum atomic E-state index is -4.71. The van der Waals surface area contributed by atoms with Gasteiger partial charge in [-0.3, -0.25) is 0 Å². The number of hydrogen-bond acceptors (Lipinski definition) is 2. The second kappa shape index (κ2) is 6.85. The highest BCUT2D eigenvalue weighted by Gasteiger charge is 2.30. The van der Waals surface area contributed by atoms with Crippen molar-refractivity contribution in [3.05, 3.63) is 53.6 Å². The summed E-state index contributed by atoms with van der Waals surface area (Å²) in [5.74, 6) is -0.299. The standard InChI is InChI=1S/C14H10ClF3N2OS/c15-9-2-1-3-11(8-9)20-13(22)19-10-4-6-12(7-5-10)21-14(16,17)18/h1-8H,(H2,19,20,22). The number of nitrogens with one attached hydrogen (secondary N) is 2. The molecule has 0 radical (unpaired) electrons. The van der Waals surface area contributed by atoms with E-state index < -0.39 is 6.36 Å². The second-order valence-electron chi connectivity index (χ2n) is 4.16. The van der Waals surface area contributed by atoms with Gasteiger partial charge in [0.2, 0.25) is 0 Å². The minimum absolute atomic E-state index is 0.284. The first-order valence-corrected chi connectivity index (χ1v) is 6.80. The Labute approximate surface area is 135 Å². The molecule has 3 nitrogen and oxygen atoms in total. The van der Waals surface area contributed by atoms with E-state index in [-0.39, 0.29) is 10.9 Å². The van der Waals surface area contributed by atoms with Gasteiger partial charge >= 0.3 is 6.36 Å². The lowest BCUT2D eigenvalue weighted by atomic mass is 10.3. The molecule has 0 heterocycles. The van der Waals surface area contributed by atoms with E-state index >= 15 is 0 Å². The Bertz CT molecular complexity index is 662. The fourth-order valence-corrected chi connectivity index (χ4v) is 2.03. The van der Waals surface area contributed by atoms with Gasteiger partial charge in [-0.05, 0) is 54.7 Å². The third kappa shape index (κ3) is 5.42. The van der Waals surface area contributed by atoms with E-state index in [1.165, 1.54) is 24.3 Å². The Balaban J connectivity index is 1.94. The first kappa shape index (κ1) is 16.4. The summed E-state index contributed by atoms with van der Waals surface area (Å²) in [6, 6.07) is 12.2. The average molecular weight is 347 g/mol. The summed E-state index contributed by atoms with van der Waals surface area (Å²) in [5, 5.41) is 6.59. The normalized spacial score (nSPS) is 10.9. The molecule has 0 amide bonds. The maximum Gasteiger partial charge on any atom is 0.573 e. The second-order valence-corrected chi connectivity index (χ2v) is 5.01. The van der Waals surface area contributed by atoms with Crippen LogP contribution in [0.5, 0.6) is 5.75 Å². The summed E-state index contributed by atoms with van der Waals surface area (Å²) in [4.78, 5) is 0. The van der Waals surface area contributed by atoms with E-state index in [0.29, 0.717) is 16.4 Å². The van der Waals surface area contributed by atoms with Crippen molar-refractivity contribution in [2.75, 3.05) is 10.6 Å². The molecule has 0 bridgehead atoms. The molecule has 116 valence electrons. The zero-order chi connectivity index (χ0) is 16.2. The molecule has 22 heavy (non-hydrogen) atoms. The maximum atomic E-state index is 12.0. The Morgan fingerprint density at radius 3 is 2.23 bits per heavy atom. The molecule has 0 aromatic heterocycles. The van der Waals surface area contributed by atoms with Crippen molar-refractivity contribution in [2.24, 2.45) is 0 Å². The summed E-state index contributed by atoms with van der Waals surface area (Å²) < 4.78 is 39.9. The van der Waals surface area contributed by atoms with Gasteiger partial charge < -0.3 is 15.4 Å². The van der Waals surface area contributed by atoms with Crippen LogP contribution in [0.15, 0.2) is 48.5 Å². The van der Waals surface area contributed by atoms with E-state index in [9.17, 15) is 13.2 Å². The zero-order valence-electron chi connectivity index (χ0n) is 10.9. The molecule has 2 aromatic rings. The van der Waals surface area contributed by atoms with Gasteiger partial charge in [0, 0.05) is 16.4 Å². The predicted molar refractivity (Wildman–Crippen MR) is 84.4 cm³/mol. The molecule has 0 unspecified atom stereocenters. The lowest BCUT2D eigenvalue weighted by Gasteiger charge is -2.12. The van der Waals surface area contributed by atoms with Crippen LogP contribution in [0.1, 0.15) is 0 Å². The number of halogens is 4. The van der Waals surface area contributed by atoms with Crippen molar-refractivity contribution in [2.45, 2.75) is 6.36 Å². The molecule has 0 saturated carbocycles. The molecule has 0 aliphatic carbocycles. The van der Waals surface area contributed by atoms with E-state index in [2.05, 4.69) is 15.4 Å². The number of thiocarbonyl (C=S) groups is 1. The van der Waals surface area contributed by atoms with Crippen molar-refractivity contribution in [1.29, 1.82) is 0 Å². The van der Waals surface area contributed by atoms with Crippen molar-refractivity contribution < 1.29 is 17.9 Å².